The van der Waals surface area contributed by atoms with E-state index in [4.69, 9.17) is 9.47 Å². The Bertz CT molecular complexity index is 1430. The maximum absolute atomic E-state index is 14.2. The van der Waals surface area contributed by atoms with Crippen LogP contribution in [0.2, 0.25) is 0 Å². The molecule has 1 aromatic heterocycles. The van der Waals surface area contributed by atoms with E-state index in [1.54, 1.807) is 56.5 Å². The fourth-order valence-electron chi connectivity index (χ4n) is 3.63. The molecule has 3 aromatic rings. The first-order chi connectivity index (χ1) is 15.9. The summed E-state index contributed by atoms with van der Waals surface area (Å²) in [5, 5.41) is 0. The van der Waals surface area contributed by atoms with Gasteiger partial charge < -0.3 is 9.47 Å². The molecule has 2 heterocycles. The van der Waals surface area contributed by atoms with Gasteiger partial charge in [-0.1, -0.05) is 54.3 Å². The molecule has 0 aliphatic carbocycles. The number of nitrogens with zero attached hydrogens (tertiary/aromatic N) is 2. The molecule has 0 spiro atoms. The molecule has 0 radical (unpaired) electrons. The van der Waals surface area contributed by atoms with Crippen LogP contribution in [-0.2, 0) is 9.53 Å². The second-order valence-electron chi connectivity index (χ2n) is 7.26. The van der Waals surface area contributed by atoms with E-state index >= 15 is 0 Å². The van der Waals surface area contributed by atoms with Crippen molar-refractivity contribution in [3.05, 3.63) is 109 Å². The zero-order valence-electron chi connectivity index (χ0n) is 18.1. The van der Waals surface area contributed by atoms with Crippen molar-refractivity contribution < 1.29 is 18.7 Å². The number of allylic oxidation sites excluding steroid dienone is 1. The zero-order chi connectivity index (χ0) is 23.5. The number of carbonyl (C=O) groups is 1. The van der Waals surface area contributed by atoms with E-state index in [1.165, 1.54) is 22.8 Å². The number of ether oxygens (including phenoxy) is 2. The van der Waals surface area contributed by atoms with E-state index in [9.17, 15) is 14.0 Å². The summed E-state index contributed by atoms with van der Waals surface area (Å²) in [5.41, 5.74) is 1.32. The molecule has 0 N–H and O–H groups in total. The predicted octanol–water partition coefficient (Wildman–Crippen LogP) is 3.11. The highest BCUT2D eigenvalue weighted by molar-refractivity contribution is 7.07. The summed E-state index contributed by atoms with van der Waals surface area (Å²) in [4.78, 5) is 31.4. The molecule has 6 nitrogen and oxygen atoms in total. The van der Waals surface area contributed by atoms with Crippen molar-refractivity contribution in [2.45, 2.75) is 13.0 Å². The van der Waals surface area contributed by atoms with Gasteiger partial charge in [-0.25, -0.2) is 14.2 Å². The van der Waals surface area contributed by atoms with Crippen LogP contribution < -0.4 is 19.6 Å². The van der Waals surface area contributed by atoms with Crippen LogP contribution in [0.15, 0.2) is 82.2 Å². The number of halogens is 1. The van der Waals surface area contributed by atoms with Gasteiger partial charge in [-0.05, 0) is 36.8 Å². The summed E-state index contributed by atoms with van der Waals surface area (Å²) in [6, 6.07) is 12.5. The number of esters is 1. The van der Waals surface area contributed by atoms with Gasteiger partial charge in [-0.3, -0.25) is 9.36 Å². The monoisotopic (exact) mass is 464 g/mol. The summed E-state index contributed by atoms with van der Waals surface area (Å²) >= 11 is 1.14. The Labute approximate surface area is 193 Å². The van der Waals surface area contributed by atoms with Gasteiger partial charge >= 0.3 is 5.97 Å². The Morgan fingerprint density at radius 2 is 1.97 bits per heavy atom. The maximum atomic E-state index is 14.2. The number of hydrogen-bond donors (Lipinski definition) is 0. The van der Waals surface area contributed by atoms with Crippen molar-refractivity contribution in [1.82, 2.24) is 4.57 Å². The van der Waals surface area contributed by atoms with Crippen molar-refractivity contribution in [3.63, 3.8) is 0 Å². The van der Waals surface area contributed by atoms with Gasteiger partial charge in [0.1, 0.15) is 18.2 Å². The molecule has 0 amide bonds. The highest BCUT2D eigenvalue weighted by Gasteiger charge is 2.33. The van der Waals surface area contributed by atoms with Gasteiger partial charge in [-0.2, -0.15) is 0 Å². The first-order valence-corrected chi connectivity index (χ1v) is 10.9. The smallest absolute Gasteiger partial charge is 0.338 e. The topological polar surface area (TPSA) is 69.9 Å². The molecule has 0 saturated heterocycles. The molecule has 1 aliphatic rings. The van der Waals surface area contributed by atoms with Crippen LogP contribution in [-0.4, -0.2) is 24.3 Å². The van der Waals surface area contributed by atoms with Crippen molar-refractivity contribution in [1.29, 1.82) is 0 Å². The Morgan fingerprint density at radius 3 is 2.64 bits per heavy atom. The lowest BCUT2D eigenvalue weighted by Crippen LogP contribution is -2.39. The molecule has 2 aromatic carbocycles. The van der Waals surface area contributed by atoms with Crippen LogP contribution in [0.25, 0.3) is 6.08 Å². The maximum Gasteiger partial charge on any atom is 0.338 e. The Morgan fingerprint density at radius 1 is 1.24 bits per heavy atom. The summed E-state index contributed by atoms with van der Waals surface area (Å²) < 4.78 is 26.5. The third-order valence-electron chi connectivity index (χ3n) is 5.20. The Hall–Kier alpha value is -3.78. The summed E-state index contributed by atoms with van der Waals surface area (Å²) in [5.74, 6) is -0.373. The van der Waals surface area contributed by atoms with Crippen LogP contribution in [0.3, 0.4) is 0 Å². The number of rotatable bonds is 6. The number of fused-ring (bicyclic) bond motifs is 1. The minimum Gasteiger partial charge on any atom is -0.497 e. The largest absolute Gasteiger partial charge is 0.497 e. The SMILES string of the molecule is C=CCOC(=O)C1=C(C)N=c2s/c(=C\c3ccccc3F)c(=O)n2[C@H]1c1ccc(OC)cc1. The fourth-order valence-corrected chi connectivity index (χ4v) is 4.67. The molecule has 0 unspecified atom stereocenters. The second kappa shape index (κ2) is 9.38. The molecule has 1 atom stereocenters. The molecule has 4 rings (SSSR count). The molecule has 8 heteroatoms. The van der Waals surface area contributed by atoms with Crippen molar-refractivity contribution in [2.24, 2.45) is 4.99 Å². The third-order valence-corrected chi connectivity index (χ3v) is 6.18. The molecule has 0 fully saturated rings. The molecular formula is C25H21FN2O4S. The fraction of sp³-hybridized carbons (Fsp3) is 0.160. The first kappa shape index (κ1) is 22.4. The van der Waals surface area contributed by atoms with E-state index in [2.05, 4.69) is 11.6 Å². The lowest BCUT2D eigenvalue weighted by atomic mass is 9.96. The van der Waals surface area contributed by atoms with Crippen LogP contribution in [0.5, 0.6) is 5.75 Å². The third kappa shape index (κ3) is 4.29. The minimum absolute atomic E-state index is 0.0304. The molecular weight excluding hydrogens is 443 g/mol. The number of carbonyl (C=O) groups excluding carboxylic acids is 1. The number of aromatic nitrogens is 1. The number of methoxy groups -OCH3 is 1. The van der Waals surface area contributed by atoms with E-state index in [0.717, 1.165) is 11.3 Å². The van der Waals surface area contributed by atoms with E-state index in [0.29, 0.717) is 31.9 Å². The van der Waals surface area contributed by atoms with E-state index < -0.39 is 17.8 Å². The first-order valence-electron chi connectivity index (χ1n) is 10.1. The van der Waals surface area contributed by atoms with Crippen LogP contribution in [0.1, 0.15) is 24.1 Å². The van der Waals surface area contributed by atoms with Gasteiger partial charge in [0.15, 0.2) is 4.80 Å². The lowest BCUT2D eigenvalue weighted by molar-refractivity contribution is -0.138. The average Bonchev–Trinajstić information content (AvgIpc) is 3.12. The van der Waals surface area contributed by atoms with Crippen molar-refractivity contribution in [3.8, 4) is 5.75 Å². The number of benzene rings is 2. The summed E-state index contributed by atoms with van der Waals surface area (Å²) in [6.45, 7) is 5.31. The van der Waals surface area contributed by atoms with Crippen molar-refractivity contribution in [2.75, 3.05) is 13.7 Å². The van der Waals surface area contributed by atoms with E-state index in [-0.39, 0.29) is 17.7 Å². The van der Waals surface area contributed by atoms with Crippen LogP contribution >= 0.6 is 11.3 Å². The normalized spacial score (nSPS) is 15.6. The van der Waals surface area contributed by atoms with Gasteiger partial charge in [-0.15, -0.1) is 0 Å². The lowest BCUT2D eigenvalue weighted by Gasteiger charge is -2.24. The quantitative estimate of drug-likeness (QED) is 0.415. The average molecular weight is 465 g/mol. The van der Waals surface area contributed by atoms with Crippen LogP contribution in [0, 0.1) is 5.82 Å². The van der Waals surface area contributed by atoms with Gasteiger partial charge in [0, 0.05) is 5.56 Å². The van der Waals surface area contributed by atoms with Crippen molar-refractivity contribution >= 4 is 23.4 Å². The standard InChI is InChI=1S/C25H21FN2O4S/c1-4-13-32-24(30)21-15(2)27-25-28(22(21)16-9-11-18(31-3)12-10-16)23(29)20(33-25)14-17-7-5-6-8-19(17)26/h4-12,14,22H,1,13H2,2-3H3/b20-14-/t22-/m0/s1. The molecule has 168 valence electrons. The second-order valence-corrected chi connectivity index (χ2v) is 8.27. The van der Waals surface area contributed by atoms with Crippen LogP contribution in [0.4, 0.5) is 4.39 Å². The minimum atomic E-state index is -0.757. The molecule has 33 heavy (non-hydrogen) atoms. The number of hydrogen-bond acceptors (Lipinski definition) is 6. The molecule has 1 aliphatic heterocycles. The molecule has 0 saturated carbocycles. The zero-order valence-corrected chi connectivity index (χ0v) is 18.9. The summed E-state index contributed by atoms with van der Waals surface area (Å²) in [6.07, 6.45) is 2.97. The predicted molar refractivity (Wildman–Crippen MR) is 124 cm³/mol. The van der Waals surface area contributed by atoms with E-state index in [1.807, 2.05) is 0 Å². The highest BCUT2D eigenvalue weighted by atomic mass is 32.1. The highest BCUT2D eigenvalue weighted by Crippen LogP contribution is 2.31. The Balaban J connectivity index is 1.94. The van der Waals surface area contributed by atoms with Gasteiger partial charge in [0.05, 0.1) is 29.0 Å². The summed E-state index contributed by atoms with van der Waals surface area (Å²) in [7, 11) is 1.56. The van der Waals surface area contributed by atoms with Gasteiger partial charge in [0.25, 0.3) is 5.56 Å². The molecule has 0 bridgehead atoms. The Kier molecular flexibility index (Phi) is 6.37. The number of thiazole rings is 1. The van der Waals surface area contributed by atoms with Gasteiger partial charge in [0.2, 0.25) is 0 Å².